The van der Waals surface area contributed by atoms with Gasteiger partial charge < -0.3 is 4.74 Å². The van der Waals surface area contributed by atoms with Crippen LogP contribution in [-0.2, 0) is 14.4 Å². The minimum absolute atomic E-state index is 0.164. The van der Waals surface area contributed by atoms with Crippen LogP contribution in [0.3, 0.4) is 0 Å². The number of esters is 1. The van der Waals surface area contributed by atoms with E-state index in [4.69, 9.17) is 4.74 Å². The molecule has 3 aliphatic rings. The van der Waals surface area contributed by atoms with Gasteiger partial charge in [-0.15, -0.1) is 0 Å². The molecule has 0 radical (unpaired) electrons. The minimum Gasteiger partial charge on any atom is -0.424 e. The highest BCUT2D eigenvalue weighted by Crippen LogP contribution is 2.53. The molecule has 1 saturated heterocycles. The topological polar surface area (TPSA) is 63.7 Å². The largest absolute Gasteiger partial charge is 0.424 e. The van der Waals surface area contributed by atoms with Crippen LogP contribution in [0.25, 0.3) is 0 Å². The van der Waals surface area contributed by atoms with Crippen LogP contribution < -0.4 is 9.64 Å². The van der Waals surface area contributed by atoms with Crippen LogP contribution in [0.5, 0.6) is 5.75 Å². The van der Waals surface area contributed by atoms with Crippen molar-refractivity contribution >= 4 is 23.5 Å². The fourth-order valence-electron chi connectivity index (χ4n) is 4.02. The van der Waals surface area contributed by atoms with Crippen molar-refractivity contribution in [2.24, 2.45) is 23.7 Å². The van der Waals surface area contributed by atoms with Crippen molar-refractivity contribution in [3.8, 4) is 5.75 Å². The van der Waals surface area contributed by atoms with Crippen molar-refractivity contribution < 1.29 is 19.1 Å². The van der Waals surface area contributed by atoms with Crippen molar-refractivity contribution in [1.82, 2.24) is 0 Å². The molecule has 0 aromatic heterocycles. The van der Waals surface area contributed by atoms with E-state index in [1.54, 1.807) is 24.3 Å². The third-order valence-electron chi connectivity index (χ3n) is 4.83. The zero-order chi connectivity index (χ0) is 15.4. The molecule has 1 heterocycles. The molecular formula is C17H15NO4. The van der Waals surface area contributed by atoms with E-state index in [-0.39, 0.29) is 41.2 Å². The van der Waals surface area contributed by atoms with Crippen LogP contribution in [0, 0.1) is 23.7 Å². The Bertz CT molecular complexity index is 693. The molecule has 2 fully saturated rings. The molecule has 1 saturated carbocycles. The van der Waals surface area contributed by atoms with Crippen LogP contribution in [0.4, 0.5) is 5.69 Å². The van der Waals surface area contributed by atoms with Crippen molar-refractivity contribution in [2.45, 2.75) is 13.3 Å². The first kappa shape index (κ1) is 13.2. The molecule has 4 rings (SSSR count). The number of imide groups is 1. The van der Waals surface area contributed by atoms with E-state index in [9.17, 15) is 14.4 Å². The number of para-hydroxylation sites is 2. The zero-order valence-corrected chi connectivity index (χ0v) is 12.1. The summed E-state index contributed by atoms with van der Waals surface area (Å²) in [7, 11) is 0. The third-order valence-corrected chi connectivity index (χ3v) is 4.83. The fourth-order valence-corrected chi connectivity index (χ4v) is 4.02. The summed E-state index contributed by atoms with van der Waals surface area (Å²) in [5.41, 5.74) is 0.363. The summed E-state index contributed by atoms with van der Waals surface area (Å²) in [5.74, 6) is -0.765. The molecule has 4 atom stereocenters. The van der Waals surface area contributed by atoms with Crippen LogP contribution >= 0.6 is 0 Å². The van der Waals surface area contributed by atoms with Gasteiger partial charge in [0.25, 0.3) is 0 Å². The summed E-state index contributed by atoms with van der Waals surface area (Å²) in [6, 6.07) is 6.67. The highest BCUT2D eigenvalue weighted by atomic mass is 16.5. The van der Waals surface area contributed by atoms with Gasteiger partial charge in [-0.2, -0.15) is 0 Å². The van der Waals surface area contributed by atoms with Crippen molar-refractivity contribution in [3.63, 3.8) is 0 Å². The van der Waals surface area contributed by atoms with Crippen LogP contribution in [0.15, 0.2) is 36.4 Å². The Morgan fingerprint density at radius 2 is 1.68 bits per heavy atom. The van der Waals surface area contributed by atoms with E-state index >= 15 is 0 Å². The van der Waals surface area contributed by atoms with Gasteiger partial charge in [0.2, 0.25) is 11.8 Å². The van der Waals surface area contributed by atoms with Crippen molar-refractivity contribution in [3.05, 3.63) is 36.4 Å². The van der Waals surface area contributed by atoms with E-state index in [2.05, 4.69) is 12.2 Å². The van der Waals surface area contributed by atoms with Gasteiger partial charge >= 0.3 is 5.97 Å². The lowest BCUT2D eigenvalue weighted by Crippen LogP contribution is -2.33. The van der Waals surface area contributed by atoms with Crippen molar-refractivity contribution in [1.29, 1.82) is 0 Å². The second-order valence-corrected chi connectivity index (χ2v) is 6.07. The summed E-state index contributed by atoms with van der Waals surface area (Å²) in [6.07, 6.45) is 5.00. The minimum atomic E-state index is -0.478. The Morgan fingerprint density at radius 3 is 2.27 bits per heavy atom. The summed E-state index contributed by atoms with van der Waals surface area (Å²) < 4.78 is 5.15. The number of allylic oxidation sites excluding steroid dienone is 2. The number of nitrogens with zero attached hydrogens (tertiary/aromatic N) is 1. The molecule has 0 spiro atoms. The number of hydrogen-bond acceptors (Lipinski definition) is 4. The quantitative estimate of drug-likeness (QED) is 0.362. The Balaban J connectivity index is 1.74. The molecule has 112 valence electrons. The van der Waals surface area contributed by atoms with E-state index in [0.717, 1.165) is 6.42 Å². The molecule has 5 nitrogen and oxygen atoms in total. The van der Waals surface area contributed by atoms with Crippen LogP contribution in [-0.4, -0.2) is 17.8 Å². The second-order valence-electron chi connectivity index (χ2n) is 6.07. The van der Waals surface area contributed by atoms with Gasteiger partial charge in [0.1, 0.15) is 0 Å². The monoisotopic (exact) mass is 297 g/mol. The lowest BCUT2D eigenvalue weighted by Gasteiger charge is -2.19. The highest BCUT2D eigenvalue weighted by Gasteiger charge is 2.59. The number of carbonyl (C=O) groups is 3. The Morgan fingerprint density at radius 1 is 1.09 bits per heavy atom. The van der Waals surface area contributed by atoms with Crippen LogP contribution in [0.1, 0.15) is 13.3 Å². The lowest BCUT2D eigenvalue weighted by molar-refractivity contribution is -0.132. The van der Waals surface area contributed by atoms with Gasteiger partial charge in [-0.1, -0.05) is 24.3 Å². The number of benzene rings is 1. The first-order valence-electron chi connectivity index (χ1n) is 7.41. The smallest absolute Gasteiger partial charge is 0.308 e. The SMILES string of the molecule is CC(=O)Oc1ccccc1N1C(=O)C2C3C=CC(C3)C2C1=O. The fraction of sp³-hybridized carbons (Fsp3) is 0.353. The lowest BCUT2D eigenvalue weighted by atomic mass is 9.85. The predicted octanol–water partition coefficient (Wildman–Crippen LogP) is 1.92. The molecular weight excluding hydrogens is 282 g/mol. The second kappa shape index (κ2) is 4.53. The first-order valence-corrected chi connectivity index (χ1v) is 7.41. The van der Waals surface area contributed by atoms with E-state index in [1.165, 1.54) is 11.8 Å². The Labute approximate surface area is 127 Å². The number of anilines is 1. The maximum absolute atomic E-state index is 12.8. The van der Waals surface area contributed by atoms with Gasteiger partial charge in [-0.05, 0) is 30.4 Å². The normalized spacial score (nSPS) is 31.8. The average Bonchev–Trinajstić information content (AvgIpc) is 3.14. The van der Waals surface area contributed by atoms with E-state index in [1.807, 2.05) is 0 Å². The average molecular weight is 297 g/mol. The molecule has 2 amide bonds. The number of hydrogen-bond donors (Lipinski definition) is 0. The van der Waals surface area contributed by atoms with Gasteiger partial charge in [0.15, 0.2) is 5.75 Å². The summed E-state index contributed by atoms with van der Waals surface area (Å²) in [4.78, 5) is 38.0. The number of amides is 2. The number of ether oxygens (including phenoxy) is 1. The summed E-state index contributed by atoms with van der Waals surface area (Å²) in [5, 5.41) is 0. The van der Waals surface area contributed by atoms with Crippen molar-refractivity contribution in [2.75, 3.05) is 4.90 Å². The predicted molar refractivity (Wildman–Crippen MR) is 78.0 cm³/mol. The highest BCUT2D eigenvalue weighted by molar-refractivity contribution is 6.23. The molecule has 22 heavy (non-hydrogen) atoms. The van der Waals surface area contributed by atoms with Gasteiger partial charge in [0, 0.05) is 6.92 Å². The molecule has 5 heteroatoms. The zero-order valence-electron chi connectivity index (χ0n) is 12.1. The molecule has 4 unspecified atom stereocenters. The van der Waals surface area contributed by atoms with E-state index in [0.29, 0.717) is 5.69 Å². The molecule has 1 aromatic rings. The maximum atomic E-state index is 12.8. The molecule has 1 aromatic carbocycles. The van der Waals surface area contributed by atoms with Gasteiger partial charge in [-0.3, -0.25) is 14.4 Å². The van der Waals surface area contributed by atoms with Gasteiger partial charge in [-0.25, -0.2) is 4.90 Å². The molecule has 0 N–H and O–H groups in total. The van der Waals surface area contributed by atoms with Gasteiger partial charge in [0.05, 0.1) is 17.5 Å². The number of fused-ring (bicyclic) bond motifs is 5. The Hall–Kier alpha value is -2.43. The standard InChI is InChI=1S/C17H15NO4/c1-9(19)22-13-5-3-2-4-12(13)18-16(20)14-10-6-7-11(8-10)15(14)17(18)21/h2-7,10-11,14-15H,8H2,1H3. The summed E-state index contributed by atoms with van der Waals surface area (Å²) in [6.45, 7) is 1.29. The summed E-state index contributed by atoms with van der Waals surface area (Å²) >= 11 is 0. The maximum Gasteiger partial charge on any atom is 0.308 e. The first-order chi connectivity index (χ1) is 10.6. The molecule has 2 aliphatic carbocycles. The number of rotatable bonds is 2. The van der Waals surface area contributed by atoms with E-state index < -0.39 is 5.97 Å². The Kier molecular flexibility index (Phi) is 2.73. The number of carbonyl (C=O) groups excluding carboxylic acids is 3. The molecule has 1 aliphatic heterocycles. The molecule has 2 bridgehead atoms. The third kappa shape index (κ3) is 1.68. The van der Waals surface area contributed by atoms with Crippen LogP contribution in [0.2, 0.25) is 0 Å².